The zero-order chi connectivity index (χ0) is 14.8. The summed E-state index contributed by atoms with van der Waals surface area (Å²) in [5.41, 5.74) is 1.02. The maximum Gasteiger partial charge on any atom is 0.165 e. The lowest BCUT2D eigenvalue weighted by molar-refractivity contribution is 0.190. The van der Waals surface area contributed by atoms with Crippen molar-refractivity contribution in [3.63, 3.8) is 0 Å². The van der Waals surface area contributed by atoms with Crippen molar-refractivity contribution in [2.75, 3.05) is 20.2 Å². The fourth-order valence-electron chi connectivity index (χ4n) is 3.23. The molecule has 1 saturated carbocycles. The van der Waals surface area contributed by atoms with Crippen molar-refractivity contribution in [3.05, 3.63) is 29.6 Å². The van der Waals surface area contributed by atoms with Crippen molar-refractivity contribution in [3.8, 4) is 5.75 Å². The Labute approximate surface area is 126 Å². The number of rotatable bonds is 4. The highest BCUT2D eigenvalue weighted by Crippen LogP contribution is 2.34. The Kier molecular flexibility index (Phi) is 4.45. The maximum absolute atomic E-state index is 13.8. The van der Waals surface area contributed by atoms with E-state index in [4.69, 9.17) is 4.74 Å². The molecule has 0 amide bonds. The molecule has 0 bridgehead atoms. The van der Waals surface area contributed by atoms with Gasteiger partial charge < -0.3 is 10.1 Å². The Bertz CT molecular complexity index is 490. The lowest BCUT2D eigenvalue weighted by Gasteiger charge is -2.29. The number of nitrogens with one attached hydrogen (secondary N) is 1. The number of hydrogen-bond acceptors (Lipinski definition) is 3. The Morgan fingerprint density at radius 2 is 2.14 bits per heavy atom. The third-order valence-electron chi connectivity index (χ3n) is 4.82. The number of halogens is 1. The Hall–Kier alpha value is -1.13. The van der Waals surface area contributed by atoms with Gasteiger partial charge in [-0.1, -0.05) is 6.07 Å². The third kappa shape index (κ3) is 3.55. The standard InChI is InChI=1S/C17H25FN2O/c1-12-7-8-19-16(14-4-5-14)11-20(12)10-13-3-6-17(21-2)15(18)9-13/h3,6,9,12,14,16,19H,4-5,7-8,10-11H2,1-2H3. The van der Waals surface area contributed by atoms with Gasteiger partial charge >= 0.3 is 0 Å². The van der Waals surface area contributed by atoms with E-state index in [9.17, 15) is 4.39 Å². The summed E-state index contributed by atoms with van der Waals surface area (Å²) in [6.07, 6.45) is 3.87. The van der Waals surface area contributed by atoms with Gasteiger partial charge in [-0.2, -0.15) is 0 Å². The average Bonchev–Trinajstić information content (AvgIpc) is 3.29. The second-order valence-electron chi connectivity index (χ2n) is 6.43. The normalized spacial score (nSPS) is 27.4. The predicted molar refractivity (Wildman–Crippen MR) is 82.0 cm³/mol. The summed E-state index contributed by atoms with van der Waals surface area (Å²) in [5, 5.41) is 3.68. The minimum Gasteiger partial charge on any atom is -0.494 e. The highest BCUT2D eigenvalue weighted by atomic mass is 19.1. The van der Waals surface area contributed by atoms with Crippen LogP contribution in [0.4, 0.5) is 4.39 Å². The zero-order valence-corrected chi connectivity index (χ0v) is 12.9. The largest absolute Gasteiger partial charge is 0.494 e. The van der Waals surface area contributed by atoms with Crippen LogP contribution in [-0.4, -0.2) is 37.2 Å². The average molecular weight is 292 g/mol. The fraction of sp³-hybridized carbons (Fsp3) is 0.647. The smallest absolute Gasteiger partial charge is 0.165 e. The van der Waals surface area contributed by atoms with Crippen LogP contribution in [0.15, 0.2) is 18.2 Å². The number of nitrogens with zero attached hydrogens (tertiary/aromatic N) is 1. The summed E-state index contributed by atoms with van der Waals surface area (Å²) in [6.45, 7) is 5.25. The van der Waals surface area contributed by atoms with Crippen molar-refractivity contribution in [2.24, 2.45) is 5.92 Å². The molecule has 3 rings (SSSR count). The first-order valence-electron chi connectivity index (χ1n) is 7.97. The molecule has 1 N–H and O–H groups in total. The van der Waals surface area contributed by atoms with Crippen molar-refractivity contribution in [2.45, 2.75) is 44.8 Å². The van der Waals surface area contributed by atoms with Gasteiger partial charge in [0.2, 0.25) is 0 Å². The molecule has 1 saturated heterocycles. The topological polar surface area (TPSA) is 24.5 Å². The maximum atomic E-state index is 13.8. The fourth-order valence-corrected chi connectivity index (χ4v) is 3.23. The van der Waals surface area contributed by atoms with E-state index in [1.54, 1.807) is 12.1 Å². The summed E-state index contributed by atoms with van der Waals surface area (Å²) in [5.74, 6) is 0.903. The van der Waals surface area contributed by atoms with Gasteiger partial charge in [-0.25, -0.2) is 4.39 Å². The van der Waals surface area contributed by atoms with Crippen LogP contribution in [0.2, 0.25) is 0 Å². The van der Waals surface area contributed by atoms with Crippen LogP contribution in [0, 0.1) is 11.7 Å². The van der Waals surface area contributed by atoms with E-state index in [0.717, 1.165) is 37.5 Å². The van der Waals surface area contributed by atoms with Gasteiger partial charge in [0.15, 0.2) is 11.6 Å². The van der Waals surface area contributed by atoms with Crippen molar-refractivity contribution < 1.29 is 9.13 Å². The quantitative estimate of drug-likeness (QED) is 0.923. The van der Waals surface area contributed by atoms with E-state index >= 15 is 0 Å². The van der Waals surface area contributed by atoms with Crippen LogP contribution >= 0.6 is 0 Å². The lowest BCUT2D eigenvalue weighted by Crippen LogP contribution is -2.40. The minimum atomic E-state index is -0.269. The summed E-state index contributed by atoms with van der Waals surface area (Å²) in [4.78, 5) is 2.49. The van der Waals surface area contributed by atoms with Crippen LogP contribution in [0.5, 0.6) is 5.75 Å². The highest BCUT2D eigenvalue weighted by Gasteiger charge is 2.34. The molecule has 0 radical (unpaired) electrons. The van der Waals surface area contributed by atoms with Gasteiger partial charge in [-0.05, 0) is 56.3 Å². The monoisotopic (exact) mass is 292 g/mol. The molecule has 0 spiro atoms. The van der Waals surface area contributed by atoms with E-state index in [-0.39, 0.29) is 5.82 Å². The first kappa shape index (κ1) is 14.8. The molecule has 2 aliphatic rings. The Balaban J connectivity index is 1.70. The summed E-state index contributed by atoms with van der Waals surface area (Å²) in [7, 11) is 1.50. The van der Waals surface area contributed by atoms with Gasteiger partial charge in [0.25, 0.3) is 0 Å². The molecule has 2 atom stereocenters. The molecular weight excluding hydrogens is 267 g/mol. The molecule has 21 heavy (non-hydrogen) atoms. The molecule has 4 heteroatoms. The molecule has 3 nitrogen and oxygen atoms in total. The molecule has 116 valence electrons. The SMILES string of the molecule is COc1ccc(CN2CC(C3CC3)NCCC2C)cc1F. The second kappa shape index (κ2) is 6.32. The lowest BCUT2D eigenvalue weighted by atomic mass is 10.1. The van der Waals surface area contributed by atoms with Crippen molar-refractivity contribution in [1.82, 2.24) is 10.2 Å². The summed E-state index contributed by atoms with van der Waals surface area (Å²) < 4.78 is 18.8. The van der Waals surface area contributed by atoms with Gasteiger partial charge in [-0.15, -0.1) is 0 Å². The van der Waals surface area contributed by atoms with Crippen LogP contribution in [-0.2, 0) is 6.54 Å². The van der Waals surface area contributed by atoms with Crippen LogP contribution in [0.1, 0.15) is 31.7 Å². The van der Waals surface area contributed by atoms with Crippen molar-refractivity contribution in [1.29, 1.82) is 0 Å². The van der Waals surface area contributed by atoms with Crippen LogP contribution in [0.3, 0.4) is 0 Å². The molecule has 1 aliphatic carbocycles. The number of hydrogen-bond donors (Lipinski definition) is 1. The second-order valence-corrected chi connectivity index (χ2v) is 6.43. The molecule has 0 aromatic heterocycles. The summed E-state index contributed by atoms with van der Waals surface area (Å²) >= 11 is 0. The summed E-state index contributed by atoms with van der Waals surface area (Å²) in [6, 6.07) is 6.45. The molecule has 1 aliphatic heterocycles. The zero-order valence-electron chi connectivity index (χ0n) is 12.9. The van der Waals surface area contributed by atoms with Gasteiger partial charge in [-0.3, -0.25) is 4.90 Å². The molecule has 1 aromatic rings. The van der Waals surface area contributed by atoms with E-state index in [1.807, 2.05) is 6.07 Å². The number of ether oxygens (including phenoxy) is 1. The van der Waals surface area contributed by atoms with E-state index < -0.39 is 0 Å². The highest BCUT2D eigenvalue weighted by molar-refractivity contribution is 5.29. The molecule has 1 heterocycles. The third-order valence-corrected chi connectivity index (χ3v) is 4.82. The van der Waals surface area contributed by atoms with E-state index in [0.29, 0.717) is 17.8 Å². The number of methoxy groups -OCH3 is 1. The molecule has 2 unspecified atom stereocenters. The van der Waals surface area contributed by atoms with E-state index in [2.05, 4.69) is 17.1 Å². The molecular formula is C17H25FN2O. The molecule has 1 aromatic carbocycles. The first-order valence-corrected chi connectivity index (χ1v) is 7.97. The number of benzene rings is 1. The first-order chi connectivity index (χ1) is 10.2. The van der Waals surface area contributed by atoms with Crippen LogP contribution in [0.25, 0.3) is 0 Å². The van der Waals surface area contributed by atoms with Gasteiger partial charge in [0.1, 0.15) is 0 Å². The van der Waals surface area contributed by atoms with Crippen molar-refractivity contribution >= 4 is 0 Å². The van der Waals surface area contributed by atoms with Gasteiger partial charge in [0, 0.05) is 25.2 Å². The molecule has 2 fully saturated rings. The van der Waals surface area contributed by atoms with Gasteiger partial charge in [0.05, 0.1) is 7.11 Å². The minimum absolute atomic E-state index is 0.269. The predicted octanol–water partition coefficient (Wildman–Crippen LogP) is 2.80. The Morgan fingerprint density at radius 1 is 1.33 bits per heavy atom. The van der Waals surface area contributed by atoms with Crippen LogP contribution < -0.4 is 10.1 Å². The van der Waals surface area contributed by atoms with E-state index in [1.165, 1.54) is 20.0 Å². The Morgan fingerprint density at radius 3 is 2.81 bits per heavy atom.